The van der Waals surface area contributed by atoms with E-state index < -0.39 is 18.2 Å². The van der Waals surface area contributed by atoms with Crippen LogP contribution in [-0.2, 0) is 14.3 Å². The first-order valence-electron chi connectivity index (χ1n) is 4.51. The first kappa shape index (κ1) is 11.1. The summed E-state index contributed by atoms with van der Waals surface area (Å²) in [6.07, 6.45) is 1.72. The lowest BCUT2D eigenvalue weighted by molar-refractivity contribution is -0.151. The topological polar surface area (TPSA) is 52.6 Å². The fraction of sp³-hybridized carbons (Fsp3) is 0.0909. The second kappa shape index (κ2) is 4.65. The number of esters is 2. The summed E-state index contributed by atoms with van der Waals surface area (Å²) in [4.78, 5) is 22.4. The van der Waals surface area contributed by atoms with Crippen LogP contribution in [0.15, 0.2) is 36.4 Å². The van der Waals surface area contributed by atoms with Crippen LogP contribution in [-0.4, -0.2) is 18.2 Å². The zero-order valence-electron chi connectivity index (χ0n) is 8.05. The van der Waals surface area contributed by atoms with Gasteiger partial charge in [-0.15, -0.1) is 0 Å². The maximum absolute atomic E-state index is 11.7. The van der Waals surface area contributed by atoms with Crippen LogP contribution in [0.1, 0.15) is 10.4 Å². The van der Waals surface area contributed by atoms with Gasteiger partial charge in [-0.25, -0.2) is 9.59 Å². The molecule has 1 aliphatic heterocycles. The van der Waals surface area contributed by atoms with Crippen LogP contribution in [0.5, 0.6) is 0 Å². The van der Waals surface area contributed by atoms with E-state index in [1.807, 2.05) is 28.7 Å². The van der Waals surface area contributed by atoms with E-state index >= 15 is 0 Å². The number of hydrogen-bond acceptors (Lipinski definition) is 4. The van der Waals surface area contributed by atoms with Crippen molar-refractivity contribution in [3.63, 3.8) is 0 Å². The van der Waals surface area contributed by atoms with Crippen molar-refractivity contribution >= 4 is 34.5 Å². The summed E-state index contributed by atoms with van der Waals surface area (Å²) in [5.41, 5.74) is 0.458. The SMILES string of the molecule is O=C1C=CC(OC(=O)c2ccccc2I)O1. The van der Waals surface area contributed by atoms with E-state index in [-0.39, 0.29) is 0 Å². The Labute approximate surface area is 105 Å². The molecule has 1 heterocycles. The number of ether oxygens (including phenoxy) is 2. The molecular weight excluding hydrogens is 323 g/mol. The maximum Gasteiger partial charge on any atom is 0.342 e. The minimum Gasteiger partial charge on any atom is -0.418 e. The number of benzene rings is 1. The molecule has 0 aromatic heterocycles. The van der Waals surface area contributed by atoms with Crippen LogP contribution in [0.25, 0.3) is 0 Å². The van der Waals surface area contributed by atoms with Crippen LogP contribution < -0.4 is 0 Å². The van der Waals surface area contributed by atoms with E-state index in [2.05, 4.69) is 0 Å². The molecule has 82 valence electrons. The van der Waals surface area contributed by atoms with Gasteiger partial charge in [-0.3, -0.25) is 0 Å². The average molecular weight is 330 g/mol. The molecule has 16 heavy (non-hydrogen) atoms. The molecule has 1 unspecified atom stereocenters. The van der Waals surface area contributed by atoms with Crippen molar-refractivity contribution in [3.8, 4) is 0 Å². The third-order valence-corrected chi connectivity index (χ3v) is 2.88. The van der Waals surface area contributed by atoms with Crippen molar-refractivity contribution in [2.75, 3.05) is 0 Å². The third-order valence-electron chi connectivity index (χ3n) is 1.94. The zero-order valence-corrected chi connectivity index (χ0v) is 10.2. The van der Waals surface area contributed by atoms with Crippen LogP contribution >= 0.6 is 22.6 Å². The molecule has 0 saturated carbocycles. The van der Waals surface area contributed by atoms with Gasteiger partial charge in [0.2, 0.25) is 0 Å². The predicted molar refractivity (Wildman–Crippen MR) is 63.6 cm³/mol. The Kier molecular flexibility index (Phi) is 3.23. The van der Waals surface area contributed by atoms with E-state index in [9.17, 15) is 9.59 Å². The Balaban J connectivity index is 2.07. The van der Waals surface area contributed by atoms with Crippen LogP contribution in [0.4, 0.5) is 0 Å². The first-order chi connectivity index (χ1) is 7.66. The fourth-order valence-corrected chi connectivity index (χ4v) is 1.82. The van der Waals surface area contributed by atoms with Gasteiger partial charge in [0.05, 0.1) is 5.56 Å². The number of carbonyl (C=O) groups is 2. The molecule has 5 heteroatoms. The summed E-state index contributed by atoms with van der Waals surface area (Å²) in [6, 6.07) is 7.03. The van der Waals surface area contributed by atoms with Gasteiger partial charge in [-0.1, -0.05) is 12.1 Å². The van der Waals surface area contributed by atoms with Gasteiger partial charge in [0.1, 0.15) is 0 Å². The Morgan fingerprint density at radius 2 is 2.12 bits per heavy atom. The van der Waals surface area contributed by atoms with Crippen molar-refractivity contribution in [2.24, 2.45) is 0 Å². The normalized spacial score (nSPS) is 18.3. The van der Waals surface area contributed by atoms with Crippen LogP contribution in [0.3, 0.4) is 0 Å². The third kappa shape index (κ3) is 2.41. The highest BCUT2D eigenvalue weighted by Gasteiger charge is 2.22. The molecule has 2 rings (SSSR count). The van der Waals surface area contributed by atoms with Gasteiger partial charge in [0.15, 0.2) is 0 Å². The van der Waals surface area contributed by atoms with Crippen LogP contribution in [0.2, 0.25) is 0 Å². The minimum absolute atomic E-state index is 0.458. The lowest BCUT2D eigenvalue weighted by Gasteiger charge is -2.10. The fourth-order valence-electron chi connectivity index (χ4n) is 1.21. The smallest absolute Gasteiger partial charge is 0.342 e. The van der Waals surface area contributed by atoms with Gasteiger partial charge in [-0.2, -0.15) is 0 Å². The zero-order chi connectivity index (χ0) is 11.5. The monoisotopic (exact) mass is 330 g/mol. The molecule has 0 saturated heterocycles. The average Bonchev–Trinajstić information content (AvgIpc) is 2.64. The molecule has 0 spiro atoms. The lowest BCUT2D eigenvalue weighted by Crippen LogP contribution is -2.18. The van der Waals surface area contributed by atoms with E-state index in [0.29, 0.717) is 5.56 Å². The maximum atomic E-state index is 11.7. The Bertz CT molecular complexity index is 467. The number of halogens is 1. The van der Waals surface area contributed by atoms with Crippen molar-refractivity contribution in [3.05, 3.63) is 45.6 Å². The molecule has 4 nitrogen and oxygen atoms in total. The van der Waals surface area contributed by atoms with Gasteiger partial charge >= 0.3 is 11.9 Å². The summed E-state index contributed by atoms with van der Waals surface area (Å²) >= 11 is 2.04. The first-order valence-corrected chi connectivity index (χ1v) is 5.59. The van der Waals surface area contributed by atoms with E-state index in [1.165, 1.54) is 12.2 Å². The lowest BCUT2D eigenvalue weighted by atomic mass is 10.2. The molecule has 1 aromatic rings. The number of hydrogen-bond donors (Lipinski definition) is 0. The van der Waals surface area contributed by atoms with E-state index in [1.54, 1.807) is 18.2 Å². The van der Waals surface area contributed by atoms with E-state index in [4.69, 9.17) is 9.47 Å². The molecule has 1 atom stereocenters. The second-order valence-electron chi connectivity index (χ2n) is 3.05. The summed E-state index contributed by atoms with van der Waals surface area (Å²) < 4.78 is 10.5. The molecule has 0 fully saturated rings. The van der Waals surface area contributed by atoms with Gasteiger partial charge in [0, 0.05) is 15.7 Å². The Hall–Kier alpha value is -1.37. The number of cyclic esters (lactones) is 1. The summed E-state index contributed by atoms with van der Waals surface area (Å²) in [7, 11) is 0. The highest BCUT2D eigenvalue weighted by molar-refractivity contribution is 14.1. The Morgan fingerprint density at radius 1 is 1.38 bits per heavy atom. The van der Waals surface area contributed by atoms with Gasteiger partial charge in [0.25, 0.3) is 6.29 Å². The van der Waals surface area contributed by atoms with Gasteiger partial charge in [-0.05, 0) is 34.7 Å². The minimum atomic E-state index is -0.906. The molecule has 0 N–H and O–H groups in total. The van der Waals surface area contributed by atoms with Crippen molar-refractivity contribution in [1.29, 1.82) is 0 Å². The summed E-state index contributed by atoms with van der Waals surface area (Å²) in [5, 5.41) is 0. The van der Waals surface area contributed by atoms with Crippen molar-refractivity contribution in [1.82, 2.24) is 0 Å². The standard InChI is InChI=1S/C11H7IO4/c12-8-4-2-1-3-7(8)11(14)16-10-6-5-9(13)15-10/h1-6,10H. The molecule has 0 radical (unpaired) electrons. The number of carbonyl (C=O) groups excluding carboxylic acids is 2. The quantitative estimate of drug-likeness (QED) is 0.614. The summed E-state index contributed by atoms with van der Waals surface area (Å²) in [6.45, 7) is 0. The molecular formula is C11H7IO4. The molecule has 0 bridgehead atoms. The molecule has 1 aromatic carbocycles. The summed E-state index contributed by atoms with van der Waals surface area (Å²) in [5.74, 6) is -1.00. The molecule has 0 aliphatic carbocycles. The second-order valence-corrected chi connectivity index (χ2v) is 4.21. The Morgan fingerprint density at radius 3 is 2.75 bits per heavy atom. The number of rotatable bonds is 2. The molecule has 0 amide bonds. The largest absolute Gasteiger partial charge is 0.418 e. The van der Waals surface area contributed by atoms with Crippen LogP contribution in [0, 0.1) is 3.57 Å². The molecule has 1 aliphatic rings. The predicted octanol–water partition coefficient (Wildman–Crippen LogP) is 1.89. The van der Waals surface area contributed by atoms with Crippen molar-refractivity contribution < 1.29 is 19.1 Å². The van der Waals surface area contributed by atoms with Gasteiger partial charge < -0.3 is 9.47 Å². The van der Waals surface area contributed by atoms with Crippen molar-refractivity contribution in [2.45, 2.75) is 6.29 Å². The van der Waals surface area contributed by atoms with E-state index in [0.717, 1.165) is 3.57 Å². The highest BCUT2D eigenvalue weighted by atomic mass is 127. The highest BCUT2D eigenvalue weighted by Crippen LogP contribution is 2.15.